The fraction of sp³-hybridized carbons (Fsp3) is 0.188. The van der Waals surface area contributed by atoms with Crippen LogP contribution in [-0.4, -0.2) is 21.4 Å². The summed E-state index contributed by atoms with van der Waals surface area (Å²) in [6, 6.07) is 8.70. The molecule has 1 amide bonds. The smallest absolute Gasteiger partial charge is 0.248 e. The molecule has 0 saturated carbocycles. The third-order valence-corrected chi connectivity index (χ3v) is 5.70. The summed E-state index contributed by atoms with van der Waals surface area (Å²) in [6.07, 6.45) is 3.16. The average Bonchev–Trinajstić information content (AvgIpc) is 2.92. The molecule has 5 nitrogen and oxygen atoms in total. The van der Waals surface area contributed by atoms with E-state index in [4.69, 9.17) is 0 Å². The Hall–Kier alpha value is -1.96. The molecule has 2 aromatic rings. The molecule has 0 atom stereocenters. The van der Waals surface area contributed by atoms with Gasteiger partial charge in [-0.3, -0.25) is 4.79 Å². The molecule has 1 heterocycles. The summed E-state index contributed by atoms with van der Waals surface area (Å²) in [5.74, 6) is -0.312. The molecule has 0 aliphatic rings. The topological polar surface area (TPSA) is 75.3 Å². The zero-order chi connectivity index (χ0) is 17.0. The van der Waals surface area contributed by atoms with Crippen LogP contribution in [0.4, 0.5) is 5.69 Å². The Kier molecular flexibility index (Phi) is 5.35. The van der Waals surface area contributed by atoms with Crippen molar-refractivity contribution in [2.75, 3.05) is 12.4 Å². The van der Waals surface area contributed by atoms with Crippen molar-refractivity contribution in [3.63, 3.8) is 0 Å². The lowest BCUT2D eigenvalue weighted by Crippen LogP contribution is -2.20. The first-order valence-electron chi connectivity index (χ1n) is 6.91. The summed E-state index contributed by atoms with van der Waals surface area (Å²) < 4.78 is 26.1. The number of thiophene rings is 1. The zero-order valence-electron chi connectivity index (χ0n) is 13.1. The largest absolute Gasteiger partial charge is 0.322 e. The minimum atomic E-state index is -3.56. The molecule has 0 radical (unpaired) electrons. The Balaban J connectivity index is 2.15. The van der Waals surface area contributed by atoms with Crippen LogP contribution in [0.1, 0.15) is 15.3 Å². The summed E-state index contributed by atoms with van der Waals surface area (Å²) in [5.41, 5.74) is 1.04. The highest BCUT2D eigenvalue weighted by Crippen LogP contribution is 2.20. The molecule has 7 heteroatoms. The number of hydrogen-bond donors (Lipinski definition) is 2. The van der Waals surface area contributed by atoms with Crippen LogP contribution in [0.3, 0.4) is 0 Å². The van der Waals surface area contributed by atoms with E-state index in [1.165, 1.54) is 24.1 Å². The summed E-state index contributed by atoms with van der Waals surface area (Å²) in [4.78, 5) is 14.3. The van der Waals surface area contributed by atoms with E-state index in [2.05, 4.69) is 10.0 Å². The van der Waals surface area contributed by atoms with Gasteiger partial charge in [-0.1, -0.05) is 6.07 Å². The molecule has 0 fully saturated rings. The number of carbonyl (C=O) groups excluding carboxylic acids is 1. The van der Waals surface area contributed by atoms with Crippen molar-refractivity contribution in [3.05, 3.63) is 51.7 Å². The van der Waals surface area contributed by atoms with Crippen LogP contribution in [0.5, 0.6) is 0 Å². The van der Waals surface area contributed by atoms with Crippen molar-refractivity contribution < 1.29 is 13.2 Å². The predicted molar refractivity (Wildman–Crippen MR) is 94.1 cm³/mol. The number of carbonyl (C=O) groups is 1. The second-order valence-corrected chi connectivity index (χ2v) is 8.13. The molecule has 0 unspecified atom stereocenters. The number of benzene rings is 1. The zero-order valence-corrected chi connectivity index (χ0v) is 14.7. The Morgan fingerprint density at radius 2 is 1.91 bits per heavy atom. The second-order valence-electron chi connectivity index (χ2n) is 4.96. The molecule has 0 aliphatic carbocycles. The van der Waals surface area contributed by atoms with Crippen molar-refractivity contribution in [2.24, 2.45) is 0 Å². The van der Waals surface area contributed by atoms with Gasteiger partial charge in [0, 0.05) is 21.5 Å². The van der Waals surface area contributed by atoms with Crippen molar-refractivity contribution >= 4 is 39.0 Å². The quantitative estimate of drug-likeness (QED) is 0.814. The summed E-state index contributed by atoms with van der Waals surface area (Å²) in [6.45, 7) is 3.70. The van der Waals surface area contributed by atoms with E-state index in [0.717, 1.165) is 4.88 Å². The van der Waals surface area contributed by atoms with Crippen LogP contribution in [0.2, 0.25) is 0 Å². The fourth-order valence-corrected chi connectivity index (χ4v) is 3.74. The van der Waals surface area contributed by atoms with Gasteiger partial charge in [-0.2, -0.15) is 0 Å². The van der Waals surface area contributed by atoms with Crippen molar-refractivity contribution in [2.45, 2.75) is 18.7 Å². The van der Waals surface area contributed by atoms with Gasteiger partial charge in [-0.05, 0) is 56.8 Å². The molecule has 122 valence electrons. The number of amides is 1. The van der Waals surface area contributed by atoms with E-state index < -0.39 is 10.0 Å². The van der Waals surface area contributed by atoms with Gasteiger partial charge < -0.3 is 5.32 Å². The van der Waals surface area contributed by atoms with E-state index >= 15 is 0 Å². The minimum Gasteiger partial charge on any atom is -0.322 e. The van der Waals surface area contributed by atoms with Gasteiger partial charge in [0.1, 0.15) is 0 Å². The number of hydrogen-bond acceptors (Lipinski definition) is 4. The van der Waals surface area contributed by atoms with E-state index in [1.54, 1.807) is 36.5 Å². The monoisotopic (exact) mass is 350 g/mol. The number of nitrogens with one attached hydrogen (secondary N) is 2. The molecule has 23 heavy (non-hydrogen) atoms. The third-order valence-electron chi connectivity index (χ3n) is 3.17. The highest BCUT2D eigenvalue weighted by Gasteiger charge is 2.15. The predicted octanol–water partition coefficient (Wildman–Crippen LogP) is 2.92. The summed E-state index contributed by atoms with van der Waals surface area (Å²) >= 11 is 1.59. The van der Waals surface area contributed by atoms with Crippen LogP contribution < -0.4 is 10.0 Å². The number of anilines is 1. The van der Waals surface area contributed by atoms with Crippen molar-refractivity contribution in [3.8, 4) is 0 Å². The van der Waals surface area contributed by atoms with Gasteiger partial charge in [0.15, 0.2) is 0 Å². The molecule has 0 aliphatic heterocycles. The van der Waals surface area contributed by atoms with Crippen LogP contribution in [-0.2, 0) is 14.8 Å². The molecule has 1 aromatic carbocycles. The van der Waals surface area contributed by atoms with Gasteiger partial charge in [0.2, 0.25) is 15.9 Å². The SMILES string of the molecule is CNS(=O)(=O)c1cc(NC(=O)/C=C/c2ccc(C)s2)ccc1C. The highest BCUT2D eigenvalue weighted by atomic mass is 32.2. The summed E-state index contributed by atoms with van der Waals surface area (Å²) in [7, 11) is -2.20. The summed E-state index contributed by atoms with van der Waals surface area (Å²) in [5, 5.41) is 2.67. The lowest BCUT2D eigenvalue weighted by Gasteiger charge is -2.09. The van der Waals surface area contributed by atoms with Crippen molar-refractivity contribution in [1.82, 2.24) is 4.72 Å². The van der Waals surface area contributed by atoms with Gasteiger partial charge >= 0.3 is 0 Å². The molecule has 0 bridgehead atoms. The first-order chi connectivity index (χ1) is 10.8. The molecular formula is C16H18N2O3S2. The standard InChI is InChI=1S/C16H18N2O3S2/c1-11-4-6-13(10-15(11)23(20,21)17-3)18-16(19)9-8-14-7-5-12(2)22-14/h4-10,17H,1-3H3,(H,18,19)/b9-8+. The normalized spacial score (nSPS) is 11.8. The van der Waals surface area contributed by atoms with E-state index in [1.807, 2.05) is 19.1 Å². The lowest BCUT2D eigenvalue weighted by molar-refractivity contribution is -0.111. The van der Waals surface area contributed by atoms with Gasteiger partial charge in [0.05, 0.1) is 4.90 Å². The maximum atomic E-state index is 11.9. The molecule has 2 rings (SSSR count). The van der Waals surface area contributed by atoms with Crippen LogP contribution in [0.15, 0.2) is 41.3 Å². The Bertz CT molecular complexity index is 852. The Morgan fingerprint density at radius 1 is 1.17 bits per heavy atom. The number of sulfonamides is 1. The molecule has 2 N–H and O–H groups in total. The maximum Gasteiger partial charge on any atom is 0.248 e. The molecular weight excluding hydrogens is 332 g/mol. The minimum absolute atomic E-state index is 0.149. The molecule has 0 saturated heterocycles. The molecule has 1 aromatic heterocycles. The third kappa shape index (κ3) is 4.51. The number of rotatable bonds is 5. The van der Waals surface area contributed by atoms with Gasteiger partial charge in [-0.25, -0.2) is 13.1 Å². The van der Waals surface area contributed by atoms with Crippen LogP contribution in [0.25, 0.3) is 6.08 Å². The first kappa shape index (κ1) is 17.4. The van der Waals surface area contributed by atoms with Crippen LogP contribution >= 0.6 is 11.3 Å². The lowest BCUT2D eigenvalue weighted by atomic mass is 10.2. The fourth-order valence-electron chi connectivity index (χ4n) is 1.96. The van der Waals surface area contributed by atoms with Gasteiger partial charge in [-0.15, -0.1) is 11.3 Å². The Labute approximate surface area is 140 Å². The van der Waals surface area contributed by atoms with E-state index in [-0.39, 0.29) is 10.8 Å². The van der Waals surface area contributed by atoms with Crippen LogP contribution in [0, 0.1) is 13.8 Å². The highest BCUT2D eigenvalue weighted by molar-refractivity contribution is 7.89. The first-order valence-corrected chi connectivity index (χ1v) is 9.21. The average molecular weight is 350 g/mol. The number of aryl methyl sites for hydroxylation is 2. The Morgan fingerprint density at radius 3 is 2.52 bits per heavy atom. The van der Waals surface area contributed by atoms with Gasteiger partial charge in [0.25, 0.3) is 0 Å². The second kappa shape index (κ2) is 7.08. The maximum absolute atomic E-state index is 11.9. The van der Waals surface area contributed by atoms with Crippen molar-refractivity contribution in [1.29, 1.82) is 0 Å². The van der Waals surface area contributed by atoms with E-state index in [0.29, 0.717) is 11.3 Å². The molecule has 0 spiro atoms. The van der Waals surface area contributed by atoms with E-state index in [9.17, 15) is 13.2 Å².